The van der Waals surface area contributed by atoms with Gasteiger partial charge in [-0.05, 0) is 42.0 Å². The first-order chi connectivity index (χ1) is 22.5. The predicted molar refractivity (Wildman–Crippen MR) is 175 cm³/mol. The summed E-state index contributed by atoms with van der Waals surface area (Å²) in [6, 6.07) is 27.6. The zero-order valence-corrected chi connectivity index (χ0v) is 25.4. The van der Waals surface area contributed by atoms with E-state index in [9.17, 15) is 14.7 Å². The number of hydrogen-bond donors (Lipinski definition) is 2. The van der Waals surface area contributed by atoms with E-state index in [2.05, 4.69) is 4.98 Å². The number of nitrogens with zero attached hydrogens (tertiary/aromatic N) is 1. The second-order valence-corrected chi connectivity index (χ2v) is 11.1. The van der Waals surface area contributed by atoms with Crippen LogP contribution in [-0.4, -0.2) is 47.6 Å². The highest BCUT2D eigenvalue weighted by Crippen LogP contribution is 2.47. The van der Waals surface area contributed by atoms with Gasteiger partial charge in [0.25, 0.3) is 5.56 Å². The average molecular weight is 617 g/mol. The Morgan fingerprint density at radius 3 is 2.52 bits per heavy atom. The van der Waals surface area contributed by atoms with Crippen LogP contribution in [0, 0.1) is 0 Å². The molecule has 232 valence electrons. The number of aromatic hydroxyl groups is 1. The lowest BCUT2D eigenvalue weighted by Crippen LogP contribution is -2.26. The molecule has 46 heavy (non-hydrogen) atoms. The predicted octanol–water partition coefficient (Wildman–Crippen LogP) is 6.08. The van der Waals surface area contributed by atoms with E-state index in [0.29, 0.717) is 64.6 Å². The second kappa shape index (κ2) is 12.0. The Balaban J connectivity index is 1.41. The number of ether oxygens (including phenoxy) is 4. The fourth-order valence-corrected chi connectivity index (χ4v) is 6.42. The molecule has 0 amide bonds. The van der Waals surface area contributed by atoms with E-state index < -0.39 is 11.9 Å². The van der Waals surface area contributed by atoms with Crippen molar-refractivity contribution in [1.82, 2.24) is 9.55 Å². The number of para-hydroxylation sites is 4. The fraction of sp³-hybridized carbons (Fsp3) is 0.189. The smallest absolute Gasteiger partial charge is 0.341 e. The number of aryl methyl sites for hydroxylation is 1. The molecule has 1 unspecified atom stereocenters. The van der Waals surface area contributed by atoms with Crippen molar-refractivity contribution in [3.05, 3.63) is 129 Å². The van der Waals surface area contributed by atoms with Crippen LogP contribution >= 0.6 is 0 Å². The highest BCUT2D eigenvalue weighted by molar-refractivity contribution is 5.92. The van der Waals surface area contributed by atoms with Gasteiger partial charge in [0, 0.05) is 41.0 Å². The van der Waals surface area contributed by atoms with Crippen LogP contribution in [0.2, 0.25) is 0 Å². The number of benzene rings is 4. The molecule has 3 heterocycles. The van der Waals surface area contributed by atoms with Crippen molar-refractivity contribution in [2.75, 3.05) is 26.9 Å². The van der Waals surface area contributed by atoms with Gasteiger partial charge in [-0.3, -0.25) is 4.79 Å². The molecule has 7 rings (SSSR count). The molecule has 1 aliphatic rings. The van der Waals surface area contributed by atoms with Crippen LogP contribution in [0.5, 0.6) is 23.0 Å². The van der Waals surface area contributed by atoms with Crippen molar-refractivity contribution in [1.29, 1.82) is 0 Å². The summed E-state index contributed by atoms with van der Waals surface area (Å²) in [5.41, 5.74) is 3.83. The molecule has 9 heteroatoms. The fourth-order valence-electron chi connectivity index (χ4n) is 6.42. The van der Waals surface area contributed by atoms with Gasteiger partial charge in [0.05, 0.1) is 30.7 Å². The summed E-state index contributed by atoms with van der Waals surface area (Å²) in [7, 11) is 3.21. The summed E-state index contributed by atoms with van der Waals surface area (Å²) in [5.74, 6) is 0.116. The minimum atomic E-state index is -0.785. The molecule has 1 atom stereocenters. The number of carbonyl (C=O) groups excluding carboxylic acids is 1. The number of aromatic nitrogens is 2. The molecule has 6 aromatic rings. The van der Waals surface area contributed by atoms with Crippen molar-refractivity contribution >= 4 is 27.8 Å². The Kier molecular flexibility index (Phi) is 7.58. The van der Waals surface area contributed by atoms with Gasteiger partial charge in [-0.15, -0.1) is 0 Å². The number of pyridine rings is 1. The Hall–Kier alpha value is -5.70. The van der Waals surface area contributed by atoms with Gasteiger partial charge >= 0.3 is 5.97 Å². The molecule has 0 saturated carbocycles. The molecule has 9 nitrogen and oxygen atoms in total. The van der Waals surface area contributed by atoms with Crippen LogP contribution in [0.1, 0.15) is 38.7 Å². The number of nitrogens with one attached hydrogen (secondary N) is 1. The van der Waals surface area contributed by atoms with Gasteiger partial charge in [0.1, 0.15) is 30.3 Å². The summed E-state index contributed by atoms with van der Waals surface area (Å²) >= 11 is 0. The van der Waals surface area contributed by atoms with Gasteiger partial charge < -0.3 is 33.6 Å². The quantitative estimate of drug-likeness (QED) is 0.199. The highest BCUT2D eigenvalue weighted by Gasteiger charge is 2.34. The summed E-state index contributed by atoms with van der Waals surface area (Å²) in [5, 5.41) is 13.3. The van der Waals surface area contributed by atoms with Gasteiger partial charge in [-0.2, -0.15) is 0 Å². The van der Waals surface area contributed by atoms with Crippen molar-refractivity contribution < 1.29 is 28.8 Å². The Morgan fingerprint density at radius 2 is 1.67 bits per heavy atom. The molecule has 4 aromatic carbocycles. The van der Waals surface area contributed by atoms with E-state index in [1.54, 1.807) is 48.0 Å². The topological polar surface area (TPSA) is 112 Å². The number of rotatable bonds is 8. The molecular formula is C37H32N2O7. The van der Waals surface area contributed by atoms with Crippen LogP contribution in [0.25, 0.3) is 21.8 Å². The molecular weight excluding hydrogens is 584 g/mol. The van der Waals surface area contributed by atoms with Crippen LogP contribution in [0.15, 0.2) is 95.8 Å². The minimum absolute atomic E-state index is 0.0622. The largest absolute Gasteiger partial charge is 0.507 e. The Morgan fingerprint density at radius 1 is 0.935 bits per heavy atom. The third kappa shape index (κ3) is 4.90. The summed E-state index contributed by atoms with van der Waals surface area (Å²) < 4.78 is 24.8. The maximum Gasteiger partial charge on any atom is 0.341 e. The lowest BCUT2D eigenvalue weighted by atomic mass is 9.84. The van der Waals surface area contributed by atoms with Crippen molar-refractivity contribution in [2.24, 2.45) is 7.05 Å². The first kappa shape index (κ1) is 29.0. The van der Waals surface area contributed by atoms with Crippen molar-refractivity contribution in [3.8, 4) is 23.0 Å². The van der Waals surface area contributed by atoms with Crippen LogP contribution in [0.3, 0.4) is 0 Å². The third-order valence-corrected chi connectivity index (χ3v) is 8.55. The summed E-state index contributed by atoms with van der Waals surface area (Å²) in [4.78, 5) is 30.9. The number of fused-ring (bicyclic) bond motifs is 3. The number of carbonyl (C=O) groups is 1. The van der Waals surface area contributed by atoms with Gasteiger partial charge in [0.15, 0.2) is 11.5 Å². The van der Waals surface area contributed by atoms with Gasteiger partial charge in [-0.25, -0.2) is 4.79 Å². The van der Waals surface area contributed by atoms with E-state index in [-0.39, 0.29) is 23.5 Å². The number of hydrogen-bond acceptors (Lipinski definition) is 7. The lowest BCUT2D eigenvalue weighted by molar-refractivity contribution is 0.0505. The molecule has 0 spiro atoms. The third-order valence-electron chi connectivity index (χ3n) is 8.55. The molecule has 2 aromatic heterocycles. The Bertz CT molecular complexity index is 2160. The van der Waals surface area contributed by atoms with Crippen molar-refractivity contribution in [2.45, 2.75) is 12.3 Å². The highest BCUT2D eigenvalue weighted by atomic mass is 16.6. The number of methoxy groups -OCH3 is 1. The summed E-state index contributed by atoms with van der Waals surface area (Å²) in [6.45, 7) is 0.808. The summed E-state index contributed by atoms with van der Waals surface area (Å²) in [6.07, 6.45) is 0.331. The maximum absolute atomic E-state index is 14.2. The first-order valence-corrected chi connectivity index (χ1v) is 15.1. The number of aromatic amines is 1. The first-order valence-electron chi connectivity index (χ1n) is 15.1. The molecule has 2 N–H and O–H groups in total. The number of esters is 1. The monoisotopic (exact) mass is 616 g/mol. The molecule has 0 aliphatic carbocycles. The van der Waals surface area contributed by atoms with E-state index in [0.717, 1.165) is 16.5 Å². The Labute approximate surface area is 264 Å². The molecule has 0 bridgehead atoms. The average Bonchev–Trinajstić information content (AvgIpc) is 3.46. The zero-order valence-electron chi connectivity index (χ0n) is 25.4. The second-order valence-electron chi connectivity index (χ2n) is 11.1. The van der Waals surface area contributed by atoms with E-state index in [1.807, 2.05) is 54.6 Å². The van der Waals surface area contributed by atoms with Crippen LogP contribution in [-0.2, 0) is 18.2 Å². The van der Waals surface area contributed by atoms with Gasteiger partial charge in [-0.1, -0.05) is 54.6 Å². The standard InChI is InChI=1S/C37H32N2O7/c1-39-28-15-7-4-11-24(28)34(40)32(36(39)41)31(26-13-9-17-30-35(26)45-21-20-44-30)33-23(22-10-3-6-14-27(22)38-33)18-19-46-37(42)25-12-5-8-16-29(25)43-2/h3-17,31,38,40H,18-21H2,1-2H3. The SMILES string of the molecule is COc1ccccc1C(=O)OCCc1c(C(c2cccc3c2OCCO3)c2c(O)c3ccccc3n(C)c2=O)[nH]c2ccccc12. The molecule has 0 fully saturated rings. The van der Waals surface area contributed by atoms with E-state index in [1.165, 1.54) is 7.11 Å². The molecule has 1 aliphatic heterocycles. The normalized spacial score (nSPS) is 13.1. The van der Waals surface area contributed by atoms with Gasteiger partial charge in [0.2, 0.25) is 0 Å². The molecule has 0 radical (unpaired) electrons. The zero-order chi connectivity index (χ0) is 31.8. The van der Waals surface area contributed by atoms with E-state index >= 15 is 0 Å². The van der Waals surface area contributed by atoms with Crippen LogP contribution < -0.4 is 19.8 Å². The maximum atomic E-state index is 14.2. The minimum Gasteiger partial charge on any atom is -0.507 e. The number of H-pyrrole nitrogens is 1. The molecule has 0 saturated heterocycles. The lowest BCUT2D eigenvalue weighted by Gasteiger charge is -2.27. The van der Waals surface area contributed by atoms with E-state index in [4.69, 9.17) is 18.9 Å². The van der Waals surface area contributed by atoms with Crippen LogP contribution in [0.4, 0.5) is 0 Å². The van der Waals surface area contributed by atoms with Crippen molar-refractivity contribution in [3.63, 3.8) is 0 Å².